The molecule has 0 aromatic heterocycles. The van der Waals surface area contributed by atoms with Gasteiger partial charge in [0.05, 0.1) is 6.54 Å². The highest BCUT2D eigenvalue weighted by Gasteiger charge is 2.41. The number of anilines is 1. The third-order valence-corrected chi connectivity index (χ3v) is 1.86. The van der Waals surface area contributed by atoms with Crippen LogP contribution in [-0.2, 0) is 6.54 Å². The van der Waals surface area contributed by atoms with Crippen molar-refractivity contribution in [2.75, 3.05) is 5.73 Å². The minimum Gasteiger partial charge on any atom is -0.465 e. The fourth-order valence-corrected chi connectivity index (χ4v) is 1.07. The molecule has 88 valence electrons. The quantitative estimate of drug-likeness (QED) is 0.609. The monoisotopic (exact) mass is 234 g/mol. The zero-order valence-electron chi connectivity index (χ0n) is 8.03. The van der Waals surface area contributed by atoms with E-state index in [1.165, 1.54) is 24.3 Å². The Morgan fingerprint density at radius 2 is 1.81 bits per heavy atom. The number of hydrogen-bond donors (Lipinski definition) is 2. The number of rotatable bonds is 2. The molecule has 0 atom stereocenters. The second-order valence-corrected chi connectivity index (χ2v) is 3.08. The van der Waals surface area contributed by atoms with E-state index in [9.17, 15) is 18.0 Å². The predicted molar refractivity (Wildman–Crippen MR) is 50.5 cm³/mol. The minimum absolute atomic E-state index is 0.217. The topological polar surface area (TPSA) is 66.6 Å². The predicted octanol–water partition coefficient (Wildman–Crippen LogP) is 2.27. The number of amides is 1. The third kappa shape index (κ3) is 3.04. The Bertz CT molecular complexity index is 375. The molecule has 0 heterocycles. The normalized spacial score (nSPS) is 11.2. The maximum absolute atomic E-state index is 12.3. The van der Waals surface area contributed by atoms with Crippen molar-refractivity contribution in [3.05, 3.63) is 29.8 Å². The van der Waals surface area contributed by atoms with Gasteiger partial charge in [-0.1, -0.05) is 12.1 Å². The van der Waals surface area contributed by atoms with E-state index in [0.29, 0.717) is 5.69 Å². The molecule has 1 aromatic rings. The van der Waals surface area contributed by atoms with Crippen molar-refractivity contribution in [2.24, 2.45) is 0 Å². The first-order chi connectivity index (χ1) is 7.30. The Balaban J connectivity index is 2.84. The zero-order valence-corrected chi connectivity index (χ0v) is 8.03. The zero-order chi connectivity index (χ0) is 12.3. The average molecular weight is 234 g/mol. The first-order valence-corrected chi connectivity index (χ1v) is 4.22. The lowest BCUT2D eigenvalue weighted by Gasteiger charge is -2.21. The maximum Gasteiger partial charge on any atom is 0.490 e. The number of carbonyl (C=O) groups is 1. The van der Waals surface area contributed by atoms with Gasteiger partial charge in [0.1, 0.15) is 0 Å². The molecule has 0 saturated heterocycles. The van der Waals surface area contributed by atoms with Crippen molar-refractivity contribution < 1.29 is 23.1 Å². The molecular formula is C9H9F3N2O2. The van der Waals surface area contributed by atoms with Crippen LogP contribution in [0.5, 0.6) is 0 Å². The van der Waals surface area contributed by atoms with Gasteiger partial charge >= 0.3 is 12.4 Å². The molecule has 0 fully saturated rings. The van der Waals surface area contributed by atoms with Crippen molar-refractivity contribution in [2.45, 2.75) is 12.8 Å². The van der Waals surface area contributed by atoms with Gasteiger partial charge in [-0.05, 0) is 17.7 Å². The second-order valence-electron chi connectivity index (χ2n) is 3.08. The molecule has 0 aliphatic carbocycles. The Labute approximate surface area is 89.1 Å². The minimum atomic E-state index is -4.91. The summed E-state index contributed by atoms with van der Waals surface area (Å²) < 4.78 is 36.8. The molecule has 0 aliphatic rings. The summed E-state index contributed by atoms with van der Waals surface area (Å²) in [6.07, 6.45) is -6.95. The summed E-state index contributed by atoms with van der Waals surface area (Å²) in [6, 6.07) is 5.51. The van der Waals surface area contributed by atoms with Crippen LogP contribution in [0.3, 0.4) is 0 Å². The number of alkyl halides is 3. The molecule has 0 unspecified atom stereocenters. The summed E-state index contributed by atoms with van der Waals surface area (Å²) in [5.74, 6) is 0. The van der Waals surface area contributed by atoms with Crippen molar-refractivity contribution in [3.8, 4) is 0 Å². The summed E-state index contributed by atoms with van der Waals surface area (Å²) in [6.45, 7) is -0.751. The van der Waals surface area contributed by atoms with Gasteiger partial charge in [-0.25, -0.2) is 9.69 Å². The van der Waals surface area contributed by atoms with E-state index in [1.807, 2.05) is 0 Å². The molecule has 4 nitrogen and oxygen atoms in total. The number of nitrogens with two attached hydrogens (primary N) is 1. The van der Waals surface area contributed by atoms with Gasteiger partial charge in [-0.15, -0.1) is 13.2 Å². The Morgan fingerprint density at radius 3 is 2.19 bits per heavy atom. The van der Waals surface area contributed by atoms with Crippen molar-refractivity contribution >= 4 is 11.8 Å². The lowest BCUT2D eigenvalue weighted by atomic mass is 10.2. The molecular weight excluding hydrogens is 225 g/mol. The summed E-state index contributed by atoms with van der Waals surface area (Å²) in [5.41, 5.74) is 5.97. The Kier molecular flexibility index (Phi) is 3.26. The van der Waals surface area contributed by atoms with Crippen molar-refractivity contribution in [1.29, 1.82) is 0 Å². The third-order valence-electron chi connectivity index (χ3n) is 1.86. The van der Waals surface area contributed by atoms with Crippen LogP contribution in [0.2, 0.25) is 0 Å². The van der Waals surface area contributed by atoms with E-state index in [0.717, 1.165) is 0 Å². The van der Waals surface area contributed by atoms with Gasteiger partial charge < -0.3 is 10.8 Å². The largest absolute Gasteiger partial charge is 0.490 e. The number of nitrogen functional groups attached to an aromatic ring is 1. The van der Waals surface area contributed by atoms with Crippen LogP contribution in [0.25, 0.3) is 0 Å². The maximum atomic E-state index is 12.3. The molecule has 1 amide bonds. The lowest BCUT2D eigenvalue weighted by Crippen LogP contribution is -2.41. The van der Waals surface area contributed by atoms with Crippen LogP contribution in [0.4, 0.5) is 23.7 Å². The average Bonchev–Trinajstić information content (AvgIpc) is 2.14. The first-order valence-electron chi connectivity index (χ1n) is 4.22. The first kappa shape index (κ1) is 12.2. The van der Waals surface area contributed by atoms with Gasteiger partial charge in [0, 0.05) is 5.69 Å². The second kappa shape index (κ2) is 4.30. The Hall–Kier alpha value is -1.92. The summed E-state index contributed by atoms with van der Waals surface area (Å²) >= 11 is 0. The molecule has 0 aliphatic heterocycles. The molecule has 0 bridgehead atoms. The molecule has 3 N–H and O–H groups in total. The van der Waals surface area contributed by atoms with Crippen LogP contribution in [0.1, 0.15) is 5.56 Å². The van der Waals surface area contributed by atoms with Crippen LogP contribution in [-0.4, -0.2) is 22.4 Å². The van der Waals surface area contributed by atoms with E-state index in [-0.39, 0.29) is 5.56 Å². The van der Waals surface area contributed by atoms with Gasteiger partial charge in [0.25, 0.3) is 0 Å². The highest BCUT2D eigenvalue weighted by molar-refractivity contribution is 5.65. The smallest absolute Gasteiger partial charge is 0.465 e. The SMILES string of the molecule is Nc1ccc(CN(C(=O)O)C(F)(F)F)cc1. The van der Waals surface area contributed by atoms with Crippen molar-refractivity contribution in [3.63, 3.8) is 0 Å². The van der Waals surface area contributed by atoms with E-state index in [1.54, 1.807) is 0 Å². The van der Waals surface area contributed by atoms with E-state index < -0.39 is 23.8 Å². The van der Waals surface area contributed by atoms with E-state index in [4.69, 9.17) is 10.8 Å². The molecule has 16 heavy (non-hydrogen) atoms. The molecule has 0 spiro atoms. The standard InChI is InChI=1S/C9H9F3N2O2/c10-9(11,12)14(8(15)16)5-6-1-3-7(13)4-2-6/h1-4H,5,13H2,(H,15,16). The highest BCUT2D eigenvalue weighted by atomic mass is 19.4. The van der Waals surface area contributed by atoms with Crippen LogP contribution >= 0.6 is 0 Å². The fraction of sp³-hybridized carbons (Fsp3) is 0.222. The number of benzene rings is 1. The van der Waals surface area contributed by atoms with Crippen molar-refractivity contribution in [1.82, 2.24) is 4.90 Å². The van der Waals surface area contributed by atoms with Gasteiger partial charge in [0.15, 0.2) is 0 Å². The lowest BCUT2D eigenvalue weighted by molar-refractivity contribution is -0.231. The molecule has 1 rings (SSSR count). The summed E-state index contributed by atoms with van der Waals surface area (Å²) in [4.78, 5) is 9.80. The molecule has 1 aromatic carbocycles. The van der Waals surface area contributed by atoms with Gasteiger partial charge in [0.2, 0.25) is 0 Å². The summed E-state index contributed by atoms with van der Waals surface area (Å²) in [5, 5.41) is 8.41. The summed E-state index contributed by atoms with van der Waals surface area (Å²) in [7, 11) is 0. The number of halogens is 3. The fourth-order valence-electron chi connectivity index (χ4n) is 1.07. The number of hydrogen-bond acceptors (Lipinski definition) is 2. The van der Waals surface area contributed by atoms with Gasteiger partial charge in [-0.2, -0.15) is 0 Å². The Morgan fingerprint density at radius 1 is 1.31 bits per heavy atom. The van der Waals surface area contributed by atoms with E-state index in [2.05, 4.69) is 0 Å². The molecule has 0 radical (unpaired) electrons. The number of carboxylic acid groups (broad SMARTS) is 1. The van der Waals surface area contributed by atoms with Gasteiger partial charge in [-0.3, -0.25) is 0 Å². The van der Waals surface area contributed by atoms with E-state index >= 15 is 0 Å². The number of nitrogens with zero attached hydrogens (tertiary/aromatic N) is 1. The van der Waals surface area contributed by atoms with Crippen LogP contribution in [0.15, 0.2) is 24.3 Å². The molecule has 0 saturated carbocycles. The molecule has 7 heteroatoms. The highest BCUT2D eigenvalue weighted by Crippen LogP contribution is 2.23. The van der Waals surface area contributed by atoms with Crippen LogP contribution in [0, 0.1) is 0 Å². The van der Waals surface area contributed by atoms with Crippen LogP contribution < -0.4 is 5.73 Å².